The Hall–Kier alpha value is -1.40. The Kier molecular flexibility index (Phi) is 8.00. The first-order valence-corrected chi connectivity index (χ1v) is 7.56. The van der Waals surface area contributed by atoms with E-state index in [0.717, 1.165) is 31.7 Å². The molecule has 0 spiro atoms. The predicted molar refractivity (Wildman–Crippen MR) is 86.0 cm³/mol. The Labute approximate surface area is 127 Å². The summed E-state index contributed by atoms with van der Waals surface area (Å²) in [5.41, 5.74) is 0.768. The minimum atomic E-state index is -0.0564. The lowest BCUT2D eigenvalue weighted by molar-refractivity contribution is 0.206. The van der Waals surface area contributed by atoms with Crippen molar-refractivity contribution in [1.82, 2.24) is 15.1 Å². The van der Waals surface area contributed by atoms with Crippen LogP contribution in [-0.4, -0.2) is 50.2 Å². The molecule has 1 rings (SSSR count). The molecule has 0 saturated heterocycles. The van der Waals surface area contributed by atoms with Crippen molar-refractivity contribution in [2.45, 2.75) is 26.8 Å². The Balaban J connectivity index is 2.59. The molecule has 1 unspecified atom stereocenters. The highest BCUT2D eigenvalue weighted by molar-refractivity contribution is 5.41. The molecule has 1 N–H and O–H groups in total. The fraction of sp³-hybridized carbons (Fsp3) is 0.733. The van der Waals surface area contributed by atoms with Crippen LogP contribution in [0.3, 0.4) is 0 Å². The second-order valence-electron chi connectivity index (χ2n) is 5.46. The largest absolute Gasteiger partial charge is 0.383 e. The molecule has 1 atom stereocenters. The van der Waals surface area contributed by atoms with Gasteiger partial charge in [-0.3, -0.25) is 4.79 Å². The van der Waals surface area contributed by atoms with Gasteiger partial charge in [-0.05, 0) is 25.4 Å². The third-order valence-corrected chi connectivity index (χ3v) is 3.33. The molecule has 1 aromatic rings. The molecule has 0 radical (unpaired) electrons. The number of likely N-dealkylation sites (N-methyl/N-ethyl adjacent to an activating group) is 1. The van der Waals surface area contributed by atoms with Gasteiger partial charge >= 0.3 is 0 Å². The zero-order chi connectivity index (χ0) is 15.7. The van der Waals surface area contributed by atoms with E-state index >= 15 is 0 Å². The van der Waals surface area contributed by atoms with Gasteiger partial charge in [-0.2, -0.15) is 5.10 Å². The van der Waals surface area contributed by atoms with Crippen molar-refractivity contribution in [2.75, 3.05) is 45.3 Å². The Morgan fingerprint density at radius 2 is 2.29 bits per heavy atom. The number of aromatic nitrogens is 2. The number of anilines is 1. The van der Waals surface area contributed by atoms with Crippen molar-refractivity contribution in [3.8, 4) is 0 Å². The van der Waals surface area contributed by atoms with Gasteiger partial charge in [0.25, 0.3) is 5.56 Å². The van der Waals surface area contributed by atoms with Crippen LogP contribution in [0.25, 0.3) is 0 Å². The molecule has 0 saturated carbocycles. The average Bonchev–Trinajstić information content (AvgIpc) is 2.47. The van der Waals surface area contributed by atoms with Crippen molar-refractivity contribution in [1.29, 1.82) is 0 Å². The summed E-state index contributed by atoms with van der Waals surface area (Å²) in [5, 5.41) is 7.63. The fourth-order valence-electron chi connectivity index (χ4n) is 2.01. The summed E-state index contributed by atoms with van der Waals surface area (Å²) in [5.74, 6) is 0.374. The maximum Gasteiger partial charge on any atom is 0.268 e. The Morgan fingerprint density at radius 1 is 1.52 bits per heavy atom. The number of nitrogens with one attached hydrogen (secondary N) is 1. The third-order valence-electron chi connectivity index (χ3n) is 3.33. The smallest absolute Gasteiger partial charge is 0.268 e. The van der Waals surface area contributed by atoms with E-state index in [2.05, 4.69) is 24.3 Å². The van der Waals surface area contributed by atoms with Crippen LogP contribution in [0.1, 0.15) is 20.3 Å². The quantitative estimate of drug-likeness (QED) is 0.652. The number of hydrogen-bond donors (Lipinski definition) is 1. The third kappa shape index (κ3) is 6.27. The van der Waals surface area contributed by atoms with E-state index < -0.39 is 0 Å². The van der Waals surface area contributed by atoms with E-state index in [1.807, 2.05) is 11.9 Å². The molecule has 1 heterocycles. The van der Waals surface area contributed by atoms with E-state index in [0.29, 0.717) is 19.1 Å². The fourth-order valence-corrected chi connectivity index (χ4v) is 2.01. The highest BCUT2D eigenvalue weighted by atomic mass is 16.5. The summed E-state index contributed by atoms with van der Waals surface area (Å²) >= 11 is 0. The summed E-state index contributed by atoms with van der Waals surface area (Å²) < 4.78 is 6.57. The number of ether oxygens (including phenoxy) is 1. The van der Waals surface area contributed by atoms with Gasteiger partial charge in [0.2, 0.25) is 0 Å². The molecular weight excluding hydrogens is 268 g/mol. The van der Waals surface area contributed by atoms with Crippen LogP contribution >= 0.6 is 0 Å². The SMILES string of the molecule is CCCNCC(C)Cn1ncc(N(C)CCOC)cc1=O. The first-order chi connectivity index (χ1) is 10.1. The van der Waals surface area contributed by atoms with Crippen LogP contribution in [0, 0.1) is 5.92 Å². The Morgan fingerprint density at radius 3 is 2.90 bits per heavy atom. The van der Waals surface area contributed by atoms with Gasteiger partial charge in [-0.1, -0.05) is 13.8 Å². The summed E-state index contributed by atoms with van der Waals surface area (Å²) in [7, 11) is 3.59. The number of hydrogen-bond acceptors (Lipinski definition) is 5. The van der Waals surface area contributed by atoms with Gasteiger partial charge in [0, 0.05) is 33.3 Å². The summed E-state index contributed by atoms with van der Waals surface area (Å²) in [6.07, 6.45) is 2.86. The molecule has 120 valence electrons. The van der Waals surface area contributed by atoms with E-state index in [1.54, 1.807) is 19.4 Å². The standard InChI is InChI=1S/C15H28N4O2/c1-5-6-16-10-13(2)12-19-15(20)9-14(11-17-19)18(3)7-8-21-4/h9,11,13,16H,5-8,10,12H2,1-4H3. The van der Waals surface area contributed by atoms with Crippen molar-refractivity contribution >= 4 is 5.69 Å². The van der Waals surface area contributed by atoms with E-state index in [1.165, 1.54) is 4.68 Å². The molecule has 0 bridgehead atoms. The lowest BCUT2D eigenvalue weighted by atomic mass is 10.2. The lowest BCUT2D eigenvalue weighted by Gasteiger charge is -2.19. The topological polar surface area (TPSA) is 59.4 Å². The van der Waals surface area contributed by atoms with Gasteiger partial charge < -0.3 is 15.0 Å². The average molecular weight is 296 g/mol. The monoisotopic (exact) mass is 296 g/mol. The predicted octanol–water partition coefficient (Wildman–Crippen LogP) is 0.962. The molecule has 0 aliphatic carbocycles. The number of methoxy groups -OCH3 is 1. The van der Waals surface area contributed by atoms with Crippen LogP contribution in [0.15, 0.2) is 17.1 Å². The normalized spacial score (nSPS) is 12.4. The minimum Gasteiger partial charge on any atom is -0.383 e. The van der Waals surface area contributed by atoms with Crippen LogP contribution in [0.4, 0.5) is 5.69 Å². The molecule has 1 aromatic heterocycles. The minimum absolute atomic E-state index is 0.0564. The molecular formula is C15H28N4O2. The van der Waals surface area contributed by atoms with Gasteiger partial charge in [-0.25, -0.2) is 4.68 Å². The van der Waals surface area contributed by atoms with Crippen molar-refractivity contribution in [2.24, 2.45) is 5.92 Å². The Bertz CT molecular complexity index is 461. The second kappa shape index (κ2) is 9.52. The highest BCUT2D eigenvalue weighted by Crippen LogP contribution is 2.06. The molecule has 21 heavy (non-hydrogen) atoms. The maximum absolute atomic E-state index is 12.1. The van der Waals surface area contributed by atoms with Crippen LogP contribution in [0.2, 0.25) is 0 Å². The molecule has 0 fully saturated rings. The molecule has 0 aliphatic rings. The molecule has 0 amide bonds. The van der Waals surface area contributed by atoms with Gasteiger partial charge in [0.1, 0.15) is 0 Å². The van der Waals surface area contributed by atoms with Crippen LogP contribution < -0.4 is 15.8 Å². The molecule has 0 aromatic carbocycles. The van der Waals surface area contributed by atoms with Gasteiger partial charge in [0.05, 0.1) is 18.5 Å². The van der Waals surface area contributed by atoms with Crippen LogP contribution in [0.5, 0.6) is 0 Å². The molecule has 0 aliphatic heterocycles. The van der Waals surface area contributed by atoms with E-state index in [-0.39, 0.29) is 5.56 Å². The van der Waals surface area contributed by atoms with Crippen molar-refractivity contribution in [3.63, 3.8) is 0 Å². The number of nitrogens with zero attached hydrogens (tertiary/aromatic N) is 3. The van der Waals surface area contributed by atoms with Crippen molar-refractivity contribution in [3.05, 3.63) is 22.6 Å². The zero-order valence-electron chi connectivity index (χ0n) is 13.6. The molecule has 6 nitrogen and oxygen atoms in total. The maximum atomic E-state index is 12.1. The van der Waals surface area contributed by atoms with Crippen LogP contribution in [-0.2, 0) is 11.3 Å². The summed E-state index contributed by atoms with van der Waals surface area (Å²) in [6.45, 7) is 8.17. The van der Waals surface area contributed by atoms with Gasteiger partial charge in [-0.15, -0.1) is 0 Å². The van der Waals surface area contributed by atoms with E-state index in [9.17, 15) is 4.79 Å². The van der Waals surface area contributed by atoms with Crippen molar-refractivity contribution < 1.29 is 4.74 Å². The van der Waals surface area contributed by atoms with Gasteiger partial charge in [0.15, 0.2) is 0 Å². The van der Waals surface area contributed by atoms with E-state index in [4.69, 9.17) is 4.74 Å². The first-order valence-electron chi connectivity index (χ1n) is 7.56. The summed E-state index contributed by atoms with van der Waals surface area (Å²) in [6, 6.07) is 1.63. The number of rotatable bonds is 10. The second-order valence-corrected chi connectivity index (χ2v) is 5.46. The summed E-state index contributed by atoms with van der Waals surface area (Å²) in [4.78, 5) is 14.1. The lowest BCUT2D eigenvalue weighted by Crippen LogP contribution is -2.31. The highest BCUT2D eigenvalue weighted by Gasteiger charge is 2.08. The molecule has 6 heteroatoms. The zero-order valence-corrected chi connectivity index (χ0v) is 13.6. The first kappa shape index (κ1) is 17.7.